The predicted octanol–water partition coefficient (Wildman–Crippen LogP) is 2.96. The van der Waals surface area contributed by atoms with E-state index in [1.165, 1.54) is 28.6 Å². The monoisotopic (exact) mass is 402 g/mol. The summed E-state index contributed by atoms with van der Waals surface area (Å²) in [5.74, 6) is 0. The number of benzene rings is 1. The second kappa shape index (κ2) is 7.22. The molecule has 1 saturated heterocycles. The second-order valence-corrected chi connectivity index (χ2v) is 12.4. The van der Waals surface area contributed by atoms with Crippen molar-refractivity contribution in [1.82, 2.24) is 9.03 Å². The van der Waals surface area contributed by atoms with Crippen LogP contribution < -0.4 is 4.72 Å². The lowest BCUT2D eigenvalue weighted by Gasteiger charge is -2.33. The van der Waals surface area contributed by atoms with Crippen LogP contribution in [0.3, 0.4) is 0 Å². The van der Waals surface area contributed by atoms with Crippen LogP contribution in [0.25, 0.3) is 0 Å². The molecule has 0 atom stereocenters. The maximum Gasteiger partial charge on any atom is 0.243 e. The summed E-state index contributed by atoms with van der Waals surface area (Å²) in [6.45, 7) is 10.9. The van der Waals surface area contributed by atoms with Gasteiger partial charge in [-0.15, -0.1) is 0 Å². The van der Waals surface area contributed by atoms with Gasteiger partial charge in [0.05, 0.1) is 9.79 Å². The van der Waals surface area contributed by atoms with Crippen molar-refractivity contribution in [3.8, 4) is 0 Å². The van der Waals surface area contributed by atoms with Crippen molar-refractivity contribution in [3.05, 3.63) is 24.3 Å². The summed E-state index contributed by atoms with van der Waals surface area (Å²) >= 11 is 0. The van der Waals surface area contributed by atoms with Gasteiger partial charge >= 0.3 is 0 Å². The summed E-state index contributed by atoms with van der Waals surface area (Å²) < 4.78 is 54.6. The van der Waals surface area contributed by atoms with Crippen molar-refractivity contribution in [2.75, 3.05) is 13.1 Å². The van der Waals surface area contributed by atoms with Gasteiger partial charge in [-0.1, -0.05) is 20.8 Å². The lowest BCUT2D eigenvalue weighted by atomic mass is 9.82. The molecule has 0 aromatic heterocycles. The van der Waals surface area contributed by atoms with Crippen LogP contribution in [-0.2, 0) is 20.0 Å². The van der Waals surface area contributed by atoms with Crippen molar-refractivity contribution >= 4 is 20.0 Å². The molecule has 1 fully saturated rings. The van der Waals surface area contributed by atoms with Gasteiger partial charge in [0.2, 0.25) is 20.0 Å². The maximum atomic E-state index is 12.7. The molecule has 26 heavy (non-hydrogen) atoms. The highest BCUT2D eigenvalue weighted by atomic mass is 32.2. The first-order valence-electron chi connectivity index (χ1n) is 8.87. The molecule has 2 rings (SSSR count). The van der Waals surface area contributed by atoms with E-state index < -0.39 is 25.6 Å². The third kappa shape index (κ3) is 5.28. The number of hydrogen-bond acceptors (Lipinski definition) is 4. The summed E-state index contributed by atoms with van der Waals surface area (Å²) in [4.78, 5) is 0.201. The minimum absolute atomic E-state index is 0.0281. The number of rotatable bonds is 6. The Bertz CT molecular complexity index is 830. The number of nitrogens with zero attached hydrogens (tertiary/aromatic N) is 1. The molecule has 0 saturated carbocycles. The van der Waals surface area contributed by atoms with Gasteiger partial charge in [0.15, 0.2) is 0 Å². The van der Waals surface area contributed by atoms with Gasteiger partial charge in [0.1, 0.15) is 0 Å². The van der Waals surface area contributed by atoms with Crippen LogP contribution in [0, 0.1) is 5.41 Å². The number of sulfonamides is 2. The normalized spacial score (nSPS) is 17.6. The van der Waals surface area contributed by atoms with E-state index in [0.717, 1.165) is 12.8 Å². The molecular formula is C18H30N2O4S2. The van der Waals surface area contributed by atoms with Gasteiger partial charge in [-0.2, -0.15) is 4.31 Å². The zero-order valence-electron chi connectivity index (χ0n) is 16.2. The first-order chi connectivity index (χ1) is 11.7. The topological polar surface area (TPSA) is 83.5 Å². The molecule has 0 amide bonds. The highest BCUT2D eigenvalue weighted by molar-refractivity contribution is 7.89. The van der Waals surface area contributed by atoms with E-state index >= 15 is 0 Å². The fourth-order valence-corrected chi connectivity index (χ4v) is 6.58. The third-order valence-electron chi connectivity index (χ3n) is 4.22. The van der Waals surface area contributed by atoms with Crippen molar-refractivity contribution in [2.45, 2.75) is 69.2 Å². The van der Waals surface area contributed by atoms with Crippen LogP contribution in [0.5, 0.6) is 0 Å². The van der Waals surface area contributed by atoms with Gasteiger partial charge < -0.3 is 0 Å². The van der Waals surface area contributed by atoms with E-state index in [1.54, 1.807) is 0 Å². The van der Waals surface area contributed by atoms with Crippen LogP contribution in [0.2, 0.25) is 0 Å². The smallest absolute Gasteiger partial charge is 0.207 e. The van der Waals surface area contributed by atoms with E-state index in [4.69, 9.17) is 0 Å². The SMILES string of the molecule is CC(C)(C)CC(C)(C)NS(=O)(=O)c1ccc(S(=O)(=O)N2CCCC2)cc1. The Balaban J connectivity index is 2.21. The first kappa shape index (κ1) is 21.3. The molecule has 0 spiro atoms. The molecule has 0 aliphatic carbocycles. The number of nitrogens with one attached hydrogen (secondary N) is 1. The average Bonchev–Trinajstić information content (AvgIpc) is 2.98. The fraction of sp³-hybridized carbons (Fsp3) is 0.667. The van der Waals surface area contributed by atoms with Gasteiger partial charge in [-0.3, -0.25) is 0 Å². The zero-order valence-corrected chi connectivity index (χ0v) is 17.9. The van der Waals surface area contributed by atoms with E-state index in [1.807, 2.05) is 13.8 Å². The molecule has 1 aliphatic heterocycles. The van der Waals surface area contributed by atoms with Gasteiger partial charge in [0.25, 0.3) is 0 Å². The molecule has 0 unspecified atom stereocenters. The average molecular weight is 403 g/mol. The highest BCUT2D eigenvalue weighted by Gasteiger charge is 2.31. The molecule has 1 aromatic rings. The summed E-state index contributed by atoms with van der Waals surface area (Å²) in [5, 5.41) is 0. The highest BCUT2D eigenvalue weighted by Crippen LogP contribution is 2.28. The van der Waals surface area contributed by atoms with E-state index in [2.05, 4.69) is 25.5 Å². The van der Waals surface area contributed by atoms with Crippen LogP contribution in [0.15, 0.2) is 34.1 Å². The summed E-state index contributed by atoms with van der Waals surface area (Å²) in [6.07, 6.45) is 2.39. The lowest BCUT2D eigenvalue weighted by molar-refractivity contribution is 0.269. The molecule has 1 aliphatic rings. The summed E-state index contributed by atoms with van der Waals surface area (Å²) in [5.41, 5.74) is -0.642. The van der Waals surface area contributed by atoms with Crippen molar-refractivity contribution < 1.29 is 16.8 Å². The zero-order chi connectivity index (χ0) is 19.8. The van der Waals surface area contributed by atoms with Crippen LogP contribution >= 0.6 is 0 Å². The van der Waals surface area contributed by atoms with E-state index in [-0.39, 0.29) is 15.2 Å². The van der Waals surface area contributed by atoms with Gasteiger partial charge in [-0.25, -0.2) is 21.6 Å². The molecular weight excluding hydrogens is 372 g/mol. The van der Waals surface area contributed by atoms with Crippen LogP contribution in [-0.4, -0.2) is 39.8 Å². The standard InChI is InChI=1S/C18H30N2O4S2/c1-17(2,3)14-18(4,5)19-25(21,22)15-8-10-16(11-9-15)26(23,24)20-12-6-7-13-20/h8-11,19H,6-7,12-14H2,1-5H3. The maximum absolute atomic E-state index is 12.7. The Kier molecular flexibility index (Phi) is 5.93. The molecule has 0 radical (unpaired) electrons. The van der Waals surface area contributed by atoms with Crippen molar-refractivity contribution in [2.24, 2.45) is 5.41 Å². The Hall–Kier alpha value is -0.960. The van der Waals surface area contributed by atoms with Gasteiger partial charge in [0, 0.05) is 18.6 Å². The largest absolute Gasteiger partial charge is 0.243 e. The third-order valence-corrected chi connectivity index (χ3v) is 7.85. The van der Waals surface area contributed by atoms with E-state index in [9.17, 15) is 16.8 Å². The lowest BCUT2D eigenvalue weighted by Crippen LogP contribution is -2.45. The second-order valence-electron chi connectivity index (χ2n) is 8.81. The Morgan fingerprint density at radius 2 is 1.35 bits per heavy atom. The first-order valence-corrected chi connectivity index (χ1v) is 11.8. The summed E-state index contributed by atoms with van der Waals surface area (Å²) in [7, 11) is -7.27. The van der Waals surface area contributed by atoms with Crippen molar-refractivity contribution in [1.29, 1.82) is 0 Å². The minimum atomic E-state index is -3.73. The quantitative estimate of drug-likeness (QED) is 0.793. The Labute approximate surface area is 158 Å². The molecule has 1 aromatic carbocycles. The molecule has 8 heteroatoms. The van der Waals surface area contributed by atoms with Crippen LogP contribution in [0.1, 0.15) is 53.9 Å². The van der Waals surface area contributed by atoms with E-state index in [0.29, 0.717) is 19.5 Å². The molecule has 1 N–H and O–H groups in total. The summed E-state index contributed by atoms with van der Waals surface area (Å²) in [6, 6.07) is 5.47. The molecule has 0 bridgehead atoms. The van der Waals surface area contributed by atoms with Crippen molar-refractivity contribution in [3.63, 3.8) is 0 Å². The van der Waals surface area contributed by atoms with Crippen LogP contribution in [0.4, 0.5) is 0 Å². The molecule has 6 nitrogen and oxygen atoms in total. The van der Waals surface area contributed by atoms with Gasteiger partial charge in [-0.05, 0) is 62.8 Å². The molecule has 148 valence electrons. The molecule has 1 heterocycles. The Morgan fingerprint density at radius 3 is 1.81 bits per heavy atom. The number of hydrogen-bond donors (Lipinski definition) is 1. The predicted molar refractivity (Wildman–Crippen MR) is 103 cm³/mol. The Morgan fingerprint density at radius 1 is 0.885 bits per heavy atom. The minimum Gasteiger partial charge on any atom is -0.207 e. The fourth-order valence-electron chi connectivity index (χ4n) is 3.65.